The van der Waals surface area contributed by atoms with Crippen LogP contribution in [0.2, 0.25) is 0 Å². The number of hydrogen-bond acceptors (Lipinski definition) is 2. The van der Waals surface area contributed by atoms with Crippen LogP contribution < -0.4 is 0 Å². The molecule has 2 aromatic heterocycles. The van der Waals surface area contributed by atoms with Crippen molar-refractivity contribution < 1.29 is 0 Å². The summed E-state index contributed by atoms with van der Waals surface area (Å²) < 4.78 is 3.02. The second-order valence-corrected chi connectivity index (χ2v) is 4.00. The smallest absolute Gasteiger partial charge is 0.0952 e. The zero-order valence-electron chi connectivity index (χ0n) is 7.76. The van der Waals surface area contributed by atoms with Crippen molar-refractivity contribution in [1.82, 2.24) is 14.5 Å². The van der Waals surface area contributed by atoms with Gasteiger partial charge in [0.05, 0.1) is 18.1 Å². The molecule has 0 spiro atoms. The zero-order chi connectivity index (χ0) is 9.97. The fourth-order valence-corrected chi connectivity index (χ4v) is 1.52. The third-order valence-corrected chi connectivity index (χ3v) is 2.62. The average molecular weight is 252 g/mol. The van der Waals surface area contributed by atoms with Crippen molar-refractivity contribution in [3.05, 3.63) is 47.2 Å². The van der Waals surface area contributed by atoms with E-state index in [0.717, 1.165) is 10.2 Å². The van der Waals surface area contributed by atoms with Crippen LogP contribution in [-0.2, 0) is 0 Å². The van der Waals surface area contributed by atoms with Gasteiger partial charge in [-0.2, -0.15) is 0 Å². The normalized spacial score (nSPS) is 12.7. The van der Waals surface area contributed by atoms with E-state index >= 15 is 0 Å². The molecule has 0 saturated carbocycles. The van der Waals surface area contributed by atoms with E-state index in [-0.39, 0.29) is 6.04 Å². The van der Waals surface area contributed by atoms with Crippen molar-refractivity contribution in [3.63, 3.8) is 0 Å². The Bertz CT molecular complexity index is 394. The molecule has 72 valence electrons. The number of pyridine rings is 1. The van der Waals surface area contributed by atoms with Crippen molar-refractivity contribution in [2.45, 2.75) is 13.0 Å². The molecule has 0 aliphatic carbocycles. The molecule has 2 aromatic rings. The summed E-state index contributed by atoms with van der Waals surface area (Å²) >= 11 is 3.36. The molecule has 0 aliphatic rings. The van der Waals surface area contributed by atoms with E-state index in [1.54, 1.807) is 12.5 Å². The molecule has 2 rings (SSSR count). The van der Waals surface area contributed by atoms with Gasteiger partial charge in [0.15, 0.2) is 0 Å². The van der Waals surface area contributed by atoms with Crippen LogP contribution in [0.1, 0.15) is 18.7 Å². The van der Waals surface area contributed by atoms with E-state index in [4.69, 9.17) is 0 Å². The van der Waals surface area contributed by atoms with Gasteiger partial charge in [0.1, 0.15) is 0 Å². The molecule has 2 heterocycles. The Kier molecular flexibility index (Phi) is 2.63. The van der Waals surface area contributed by atoms with Crippen molar-refractivity contribution in [1.29, 1.82) is 0 Å². The molecule has 14 heavy (non-hydrogen) atoms. The first-order chi connectivity index (χ1) is 6.77. The Morgan fingerprint density at radius 3 is 2.86 bits per heavy atom. The van der Waals surface area contributed by atoms with Crippen molar-refractivity contribution >= 4 is 15.9 Å². The highest BCUT2D eigenvalue weighted by molar-refractivity contribution is 9.10. The molecule has 0 aromatic carbocycles. The van der Waals surface area contributed by atoms with Gasteiger partial charge in [-0.1, -0.05) is 0 Å². The second-order valence-electron chi connectivity index (χ2n) is 3.09. The summed E-state index contributed by atoms with van der Waals surface area (Å²) in [6.07, 6.45) is 7.32. The molecule has 0 radical (unpaired) electrons. The lowest BCUT2D eigenvalue weighted by molar-refractivity contribution is 0.620. The minimum absolute atomic E-state index is 0.227. The van der Waals surface area contributed by atoms with Gasteiger partial charge in [0.25, 0.3) is 0 Å². The molecular formula is C10H10BrN3. The first kappa shape index (κ1) is 9.40. The molecule has 1 atom stereocenters. The minimum atomic E-state index is 0.227. The first-order valence-electron chi connectivity index (χ1n) is 4.36. The number of aromatic nitrogens is 3. The summed E-state index contributed by atoms with van der Waals surface area (Å²) in [4.78, 5) is 8.35. The van der Waals surface area contributed by atoms with Crippen LogP contribution in [-0.4, -0.2) is 14.5 Å². The Morgan fingerprint density at radius 1 is 1.43 bits per heavy atom. The molecule has 1 unspecified atom stereocenters. The van der Waals surface area contributed by atoms with Gasteiger partial charge in [-0.15, -0.1) is 0 Å². The van der Waals surface area contributed by atoms with Crippen molar-refractivity contribution in [2.24, 2.45) is 0 Å². The van der Waals surface area contributed by atoms with Gasteiger partial charge in [0.2, 0.25) is 0 Å². The van der Waals surface area contributed by atoms with E-state index in [2.05, 4.69) is 32.8 Å². The van der Waals surface area contributed by atoms with Gasteiger partial charge in [0, 0.05) is 23.1 Å². The maximum Gasteiger partial charge on any atom is 0.0952 e. The second kappa shape index (κ2) is 3.92. The predicted molar refractivity (Wildman–Crippen MR) is 58.0 cm³/mol. The standard InChI is InChI=1S/C10H10BrN3/c1-8(14-5-4-12-7-14)10-3-2-9(11)6-13-10/h2-8H,1H3. The van der Waals surface area contributed by atoms with Gasteiger partial charge >= 0.3 is 0 Å². The van der Waals surface area contributed by atoms with Crippen LogP contribution in [0.15, 0.2) is 41.5 Å². The van der Waals surface area contributed by atoms with Gasteiger partial charge in [-0.05, 0) is 35.0 Å². The third-order valence-electron chi connectivity index (χ3n) is 2.15. The molecule has 0 aliphatic heterocycles. The highest BCUT2D eigenvalue weighted by Gasteiger charge is 2.07. The Labute approximate surface area is 90.9 Å². The lowest BCUT2D eigenvalue weighted by Gasteiger charge is -2.11. The lowest BCUT2D eigenvalue weighted by Crippen LogP contribution is -2.05. The van der Waals surface area contributed by atoms with Crippen LogP contribution in [0.3, 0.4) is 0 Å². The summed E-state index contributed by atoms with van der Waals surface area (Å²) in [5.41, 5.74) is 1.03. The van der Waals surface area contributed by atoms with Gasteiger partial charge in [-0.3, -0.25) is 4.98 Å². The molecule has 0 bridgehead atoms. The first-order valence-corrected chi connectivity index (χ1v) is 5.15. The SMILES string of the molecule is CC(c1ccc(Br)cn1)n1ccnc1. The van der Waals surface area contributed by atoms with Crippen LogP contribution >= 0.6 is 15.9 Å². The van der Waals surface area contributed by atoms with Gasteiger partial charge in [-0.25, -0.2) is 4.98 Å². The summed E-state index contributed by atoms with van der Waals surface area (Å²) in [7, 11) is 0. The fourth-order valence-electron chi connectivity index (χ4n) is 1.29. The fraction of sp³-hybridized carbons (Fsp3) is 0.200. The van der Waals surface area contributed by atoms with Crippen LogP contribution in [0.5, 0.6) is 0 Å². The molecule has 0 amide bonds. The average Bonchev–Trinajstić information content (AvgIpc) is 2.71. The third kappa shape index (κ3) is 1.85. The predicted octanol–water partition coefficient (Wildman–Crippen LogP) is 2.65. The van der Waals surface area contributed by atoms with E-state index in [9.17, 15) is 0 Å². The minimum Gasteiger partial charge on any atom is -0.329 e. The number of rotatable bonds is 2. The summed E-state index contributed by atoms with van der Waals surface area (Å²) in [5.74, 6) is 0. The highest BCUT2D eigenvalue weighted by atomic mass is 79.9. The largest absolute Gasteiger partial charge is 0.329 e. The maximum atomic E-state index is 4.34. The van der Waals surface area contributed by atoms with E-state index < -0.39 is 0 Å². The molecular weight excluding hydrogens is 242 g/mol. The Balaban J connectivity index is 2.28. The number of nitrogens with zero attached hydrogens (tertiary/aromatic N) is 3. The number of halogens is 1. The summed E-state index contributed by atoms with van der Waals surface area (Å²) in [6, 6.07) is 4.23. The maximum absolute atomic E-state index is 4.34. The highest BCUT2D eigenvalue weighted by Crippen LogP contribution is 2.16. The van der Waals surface area contributed by atoms with E-state index in [1.807, 2.05) is 29.1 Å². The number of hydrogen-bond donors (Lipinski definition) is 0. The summed E-state index contributed by atoms with van der Waals surface area (Å²) in [5, 5.41) is 0. The molecule has 3 nitrogen and oxygen atoms in total. The van der Waals surface area contributed by atoms with Crippen molar-refractivity contribution in [3.8, 4) is 0 Å². The van der Waals surface area contributed by atoms with Gasteiger partial charge < -0.3 is 4.57 Å². The monoisotopic (exact) mass is 251 g/mol. The topological polar surface area (TPSA) is 30.7 Å². The van der Waals surface area contributed by atoms with Crippen LogP contribution in [0.4, 0.5) is 0 Å². The Hall–Kier alpha value is -1.16. The van der Waals surface area contributed by atoms with Crippen LogP contribution in [0.25, 0.3) is 0 Å². The van der Waals surface area contributed by atoms with E-state index in [0.29, 0.717) is 0 Å². The van der Waals surface area contributed by atoms with Crippen LogP contribution in [0, 0.1) is 0 Å². The molecule has 0 fully saturated rings. The Morgan fingerprint density at radius 2 is 2.29 bits per heavy atom. The molecule has 0 N–H and O–H groups in total. The quantitative estimate of drug-likeness (QED) is 0.822. The summed E-state index contributed by atoms with van der Waals surface area (Å²) in [6.45, 7) is 2.10. The van der Waals surface area contributed by atoms with E-state index in [1.165, 1.54) is 0 Å². The van der Waals surface area contributed by atoms with Crippen molar-refractivity contribution in [2.75, 3.05) is 0 Å². The number of imidazole rings is 1. The molecule has 0 saturated heterocycles. The lowest BCUT2D eigenvalue weighted by atomic mass is 10.2. The molecule has 4 heteroatoms. The zero-order valence-corrected chi connectivity index (χ0v) is 9.35.